The minimum absolute atomic E-state index is 1.25. The van der Waals surface area contributed by atoms with Gasteiger partial charge >= 0.3 is 0 Å². The van der Waals surface area contributed by atoms with Crippen molar-refractivity contribution in [3.8, 4) is 0 Å². The number of nitrogens with zero attached hydrogens (tertiary/aromatic N) is 1. The van der Waals surface area contributed by atoms with E-state index in [-0.39, 0.29) is 0 Å². The quantitative estimate of drug-likeness (QED) is 0.571. The molecule has 62 valence electrons. The van der Waals surface area contributed by atoms with Crippen LogP contribution in [-0.2, 0) is 0 Å². The summed E-state index contributed by atoms with van der Waals surface area (Å²) >= 11 is 0. The average Bonchev–Trinajstić information content (AvgIpc) is 1.97. The standard InChI is InChI=1S/C9H16N2/c1-6-7(2)9(4)11(5)10-8(6)3/h10H,1-5H3. The van der Waals surface area contributed by atoms with Crippen LogP contribution in [0.5, 0.6) is 0 Å². The summed E-state index contributed by atoms with van der Waals surface area (Å²) in [5.41, 5.74) is 8.55. The molecular formula is C9H16N2. The Balaban J connectivity index is 3.07. The molecule has 0 radical (unpaired) electrons. The first-order chi connectivity index (χ1) is 5.04. The van der Waals surface area contributed by atoms with Crippen LogP contribution < -0.4 is 5.43 Å². The lowest BCUT2D eigenvalue weighted by Crippen LogP contribution is -2.35. The van der Waals surface area contributed by atoms with Crippen LogP contribution in [0, 0.1) is 0 Å². The molecule has 1 aliphatic rings. The SMILES string of the molecule is CC1=C(C)C(C)=C(C)N(C)N1. The Labute approximate surface area is 68.6 Å². The van der Waals surface area contributed by atoms with Gasteiger partial charge in [0.15, 0.2) is 0 Å². The second-order valence-corrected chi connectivity index (χ2v) is 3.13. The molecule has 0 atom stereocenters. The molecule has 11 heavy (non-hydrogen) atoms. The van der Waals surface area contributed by atoms with Gasteiger partial charge in [-0.25, -0.2) is 0 Å². The Kier molecular flexibility index (Phi) is 1.94. The van der Waals surface area contributed by atoms with Gasteiger partial charge in [0.05, 0.1) is 0 Å². The summed E-state index contributed by atoms with van der Waals surface area (Å²) in [5, 5.41) is 2.05. The fraction of sp³-hybridized carbons (Fsp3) is 0.556. The first-order valence-corrected chi connectivity index (χ1v) is 3.89. The second-order valence-electron chi connectivity index (χ2n) is 3.13. The Bertz CT molecular complexity index is 236. The van der Waals surface area contributed by atoms with Gasteiger partial charge in [-0.15, -0.1) is 0 Å². The van der Waals surface area contributed by atoms with Crippen molar-refractivity contribution < 1.29 is 0 Å². The fourth-order valence-corrected chi connectivity index (χ4v) is 1.22. The van der Waals surface area contributed by atoms with E-state index in [1.807, 2.05) is 7.05 Å². The lowest BCUT2D eigenvalue weighted by molar-refractivity contribution is 0.325. The summed E-state index contributed by atoms with van der Waals surface area (Å²) in [7, 11) is 2.04. The Morgan fingerprint density at radius 3 is 2.09 bits per heavy atom. The number of hydrogen-bond acceptors (Lipinski definition) is 2. The molecule has 0 spiro atoms. The smallest absolute Gasteiger partial charge is 0.0344 e. The topological polar surface area (TPSA) is 15.3 Å². The molecule has 0 saturated carbocycles. The molecule has 2 heteroatoms. The van der Waals surface area contributed by atoms with Gasteiger partial charge in [-0.3, -0.25) is 5.01 Å². The zero-order chi connectivity index (χ0) is 8.59. The second kappa shape index (κ2) is 2.61. The highest BCUT2D eigenvalue weighted by Crippen LogP contribution is 2.21. The third kappa shape index (κ3) is 1.25. The van der Waals surface area contributed by atoms with Gasteiger partial charge < -0.3 is 5.43 Å². The van der Waals surface area contributed by atoms with Gasteiger partial charge in [0.25, 0.3) is 0 Å². The molecule has 0 aromatic heterocycles. The van der Waals surface area contributed by atoms with Crippen molar-refractivity contribution in [3.63, 3.8) is 0 Å². The van der Waals surface area contributed by atoms with Gasteiger partial charge in [0.1, 0.15) is 0 Å². The fourth-order valence-electron chi connectivity index (χ4n) is 1.22. The summed E-state index contributed by atoms with van der Waals surface area (Å²) in [6.07, 6.45) is 0. The lowest BCUT2D eigenvalue weighted by atomic mass is 10.0. The van der Waals surface area contributed by atoms with Crippen LogP contribution in [0.4, 0.5) is 0 Å². The maximum atomic E-state index is 3.26. The van der Waals surface area contributed by atoms with Crippen LogP contribution in [0.15, 0.2) is 22.5 Å². The lowest BCUT2D eigenvalue weighted by Gasteiger charge is -2.30. The maximum absolute atomic E-state index is 3.26. The Morgan fingerprint density at radius 2 is 1.55 bits per heavy atom. The normalized spacial score (nSPS) is 19.2. The molecule has 1 N–H and O–H groups in total. The van der Waals surface area contributed by atoms with Crippen molar-refractivity contribution in [2.24, 2.45) is 0 Å². The monoisotopic (exact) mass is 152 g/mol. The van der Waals surface area contributed by atoms with Gasteiger partial charge in [-0.2, -0.15) is 0 Å². The Morgan fingerprint density at radius 1 is 1.00 bits per heavy atom. The van der Waals surface area contributed by atoms with Gasteiger partial charge in [-0.1, -0.05) is 0 Å². The summed E-state index contributed by atoms with van der Waals surface area (Å²) in [4.78, 5) is 0. The summed E-state index contributed by atoms with van der Waals surface area (Å²) in [5.74, 6) is 0. The third-order valence-electron chi connectivity index (χ3n) is 2.51. The number of hydrazine groups is 1. The van der Waals surface area contributed by atoms with Gasteiger partial charge in [-0.05, 0) is 38.8 Å². The minimum Gasteiger partial charge on any atom is -0.303 e. The van der Waals surface area contributed by atoms with E-state index in [2.05, 4.69) is 38.1 Å². The third-order valence-corrected chi connectivity index (χ3v) is 2.51. The summed E-state index contributed by atoms with van der Waals surface area (Å²) in [6.45, 7) is 8.53. The molecule has 0 saturated heterocycles. The zero-order valence-electron chi connectivity index (χ0n) is 7.95. The van der Waals surface area contributed by atoms with E-state index in [4.69, 9.17) is 0 Å². The van der Waals surface area contributed by atoms with Crippen molar-refractivity contribution in [1.82, 2.24) is 10.4 Å². The van der Waals surface area contributed by atoms with E-state index in [1.54, 1.807) is 0 Å². The molecule has 0 fully saturated rings. The van der Waals surface area contributed by atoms with Gasteiger partial charge in [0, 0.05) is 18.4 Å². The highest BCUT2D eigenvalue weighted by atomic mass is 15.5. The first kappa shape index (κ1) is 8.18. The number of allylic oxidation sites excluding steroid dienone is 4. The van der Waals surface area contributed by atoms with E-state index in [0.29, 0.717) is 0 Å². The molecular weight excluding hydrogens is 136 g/mol. The van der Waals surface area contributed by atoms with E-state index in [0.717, 1.165) is 0 Å². The predicted octanol–water partition coefficient (Wildman–Crippen LogP) is 2.02. The predicted molar refractivity (Wildman–Crippen MR) is 47.6 cm³/mol. The summed E-state index contributed by atoms with van der Waals surface area (Å²) < 4.78 is 0. The van der Waals surface area contributed by atoms with Crippen LogP contribution in [0.25, 0.3) is 0 Å². The van der Waals surface area contributed by atoms with E-state index >= 15 is 0 Å². The molecule has 1 heterocycles. The molecule has 0 aromatic carbocycles. The molecule has 0 aromatic rings. The van der Waals surface area contributed by atoms with Crippen molar-refractivity contribution in [2.45, 2.75) is 27.7 Å². The van der Waals surface area contributed by atoms with E-state index < -0.39 is 0 Å². The van der Waals surface area contributed by atoms with Crippen molar-refractivity contribution in [1.29, 1.82) is 0 Å². The van der Waals surface area contributed by atoms with Crippen molar-refractivity contribution in [2.75, 3.05) is 7.05 Å². The van der Waals surface area contributed by atoms with E-state index in [1.165, 1.54) is 22.5 Å². The van der Waals surface area contributed by atoms with Crippen LogP contribution in [0.1, 0.15) is 27.7 Å². The Hall–Kier alpha value is -0.920. The molecule has 1 rings (SSSR count). The van der Waals surface area contributed by atoms with Crippen molar-refractivity contribution >= 4 is 0 Å². The maximum Gasteiger partial charge on any atom is 0.0344 e. The number of hydrogen-bond donors (Lipinski definition) is 1. The van der Waals surface area contributed by atoms with Crippen LogP contribution in [-0.4, -0.2) is 12.1 Å². The number of rotatable bonds is 0. The molecule has 1 aliphatic heterocycles. The minimum atomic E-state index is 1.25. The van der Waals surface area contributed by atoms with E-state index in [9.17, 15) is 0 Å². The zero-order valence-corrected chi connectivity index (χ0v) is 7.95. The molecule has 0 bridgehead atoms. The first-order valence-electron chi connectivity index (χ1n) is 3.89. The molecule has 0 amide bonds. The summed E-state index contributed by atoms with van der Waals surface area (Å²) in [6, 6.07) is 0. The highest BCUT2D eigenvalue weighted by Gasteiger charge is 2.12. The highest BCUT2D eigenvalue weighted by molar-refractivity contribution is 5.36. The number of nitrogens with one attached hydrogen (secondary N) is 1. The van der Waals surface area contributed by atoms with Gasteiger partial charge in [0.2, 0.25) is 0 Å². The van der Waals surface area contributed by atoms with Crippen LogP contribution >= 0.6 is 0 Å². The van der Waals surface area contributed by atoms with Crippen LogP contribution in [0.2, 0.25) is 0 Å². The largest absolute Gasteiger partial charge is 0.303 e. The molecule has 0 unspecified atom stereocenters. The van der Waals surface area contributed by atoms with Crippen LogP contribution in [0.3, 0.4) is 0 Å². The molecule has 2 nitrogen and oxygen atoms in total. The van der Waals surface area contributed by atoms with Crippen molar-refractivity contribution in [3.05, 3.63) is 22.5 Å². The average molecular weight is 152 g/mol. The molecule has 0 aliphatic carbocycles.